The van der Waals surface area contributed by atoms with Crippen molar-refractivity contribution in [2.24, 2.45) is 0 Å². The molecule has 0 atom stereocenters. The number of aromatic hydroxyl groups is 1. The Bertz CT molecular complexity index is 889. The van der Waals surface area contributed by atoms with Crippen LogP contribution in [0.3, 0.4) is 0 Å². The number of anilines is 1. The zero-order chi connectivity index (χ0) is 18.7. The Morgan fingerprint density at radius 2 is 1.77 bits per heavy atom. The van der Waals surface area contributed by atoms with E-state index in [1.54, 1.807) is 30.3 Å². The molecule has 1 fully saturated rings. The van der Waals surface area contributed by atoms with Gasteiger partial charge >= 0.3 is 0 Å². The summed E-state index contributed by atoms with van der Waals surface area (Å²) in [5.41, 5.74) is 2.35. The Kier molecular flexibility index (Phi) is 5.09. The van der Waals surface area contributed by atoms with Gasteiger partial charge in [0, 0.05) is 5.69 Å². The predicted molar refractivity (Wildman–Crippen MR) is 101 cm³/mol. The Balaban J connectivity index is 1.67. The lowest BCUT2D eigenvalue weighted by Gasteiger charge is -2.12. The number of rotatable bonds is 4. The highest BCUT2D eigenvalue weighted by Gasteiger charge is 2.36. The third-order valence-electron chi connectivity index (χ3n) is 3.70. The highest BCUT2D eigenvalue weighted by Crippen LogP contribution is 2.32. The first-order valence-corrected chi connectivity index (χ1v) is 8.65. The molecule has 1 aliphatic rings. The molecular formula is C19H16N2O4S. The minimum atomic E-state index is -0.507. The number of carbonyl (C=O) groups is 3. The van der Waals surface area contributed by atoms with Crippen molar-refractivity contribution in [2.45, 2.75) is 6.92 Å². The van der Waals surface area contributed by atoms with Gasteiger partial charge in [0.25, 0.3) is 11.1 Å². The number of thioether (sulfide) groups is 1. The molecule has 0 aromatic heterocycles. The number of carbonyl (C=O) groups excluding carboxylic acids is 3. The topological polar surface area (TPSA) is 86.7 Å². The summed E-state index contributed by atoms with van der Waals surface area (Å²) in [4.78, 5) is 37.8. The third kappa shape index (κ3) is 4.12. The number of nitrogens with zero attached hydrogens (tertiary/aromatic N) is 1. The van der Waals surface area contributed by atoms with Crippen LogP contribution in [0.15, 0.2) is 53.4 Å². The molecule has 1 aliphatic heterocycles. The molecule has 0 spiro atoms. The highest BCUT2D eigenvalue weighted by molar-refractivity contribution is 8.18. The molecule has 2 aromatic carbocycles. The van der Waals surface area contributed by atoms with Crippen LogP contribution in [0.1, 0.15) is 11.1 Å². The lowest BCUT2D eigenvalue weighted by molar-refractivity contribution is -0.127. The van der Waals surface area contributed by atoms with Crippen LogP contribution in [0.25, 0.3) is 6.08 Å². The van der Waals surface area contributed by atoms with Crippen molar-refractivity contribution in [3.05, 3.63) is 64.6 Å². The molecule has 3 rings (SSSR count). The molecule has 1 saturated heterocycles. The number of benzene rings is 2. The van der Waals surface area contributed by atoms with Crippen LogP contribution in [0.4, 0.5) is 10.5 Å². The fourth-order valence-electron chi connectivity index (χ4n) is 2.34. The van der Waals surface area contributed by atoms with E-state index in [1.165, 1.54) is 12.1 Å². The average molecular weight is 368 g/mol. The summed E-state index contributed by atoms with van der Waals surface area (Å²) in [6.07, 6.45) is 1.56. The number of nitrogens with one attached hydrogen (secondary N) is 1. The molecule has 0 aliphatic carbocycles. The molecule has 0 saturated carbocycles. The van der Waals surface area contributed by atoms with E-state index in [-0.39, 0.29) is 17.2 Å². The lowest BCUT2D eigenvalue weighted by Crippen LogP contribution is -2.36. The van der Waals surface area contributed by atoms with E-state index >= 15 is 0 Å². The SMILES string of the molecule is Cc1ccc(NC(=O)CN2C(=O)S/C(=C\c3ccc(O)cc3)C2=O)cc1. The molecular weight excluding hydrogens is 352 g/mol. The fourth-order valence-corrected chi connectivity index (χ4v) is 3.18. The van der Waals surface area contributed by atoms with Gasteiger partial charge in [-0.05, 0) is 54.6 Å². The fraction of sp³-hybridized carbons (Fsp3) is 0.105. The van der Waals surface area contributed by atoms with Crippen molar-refractivity contribution in [3.63, 3.8) is 0 Å². The first kappa shape index (κ1) is 17.8. The van der Waals surface area contributed by atoms with Gasteiger partial charge in [-0.3, -0.25) is 19.3 Å². The van der Waals surface area contributed by atoms with Crippen LogP contribution in [-0.4, -0.2) is 33.6 Å². The maximum absolute atomic E-state index is 12.4. The smallest absolute Gasteiger partial charge is 0.294 e. The summed E-state index contributed by atoms with van der Waals surface area (Å²) in [5.74, 6) is -0.836. The Morgan fingerprint density at radius 3 is 2.42 bits per heavy atom. The van der Waals surface area contributed by atoms with Crippen LogP contribution < -0.4 is 5.32 Å². The normalized spacial score (nSPS) is 15.6. The Hall–Kier alpha value is -3.06. The molecule has 3 amide bonds. The van der Waals surface area contributed by atoms with Crippen LogP contribution in [-0.2, 0) is 9.59 Å². The van der Waals surface area contributed by atoms with Crippen molar-refractivity contribution in [2.75, 3.05) is 11.9 Å². The number of hydrogen-bond acceptors (Lipinski definition) is 5. The van der Waals surface area contributed by atoms with Crippen molar-refractivity contribution in [3.8, 4) is 5.75 Å². The second-order valence-corrected chi connectivity index (χ2v) is 6.77. The highest BCUT2D eigenvalue weighted by atomic mass is 32.2. The van der Waals surface area contributed by atoms with Crippen molar-refractivity contribution in [1.82, 2.24) is 4.90 Å². The molecule has 0 radical (unpaired) electrons. The lowest BCUT2D eigenvalue weighted by atomic mass is 10.2. The summed E-state index contributed by atoms with van der Waals surface area (Å²) in [6, 6.07) is 13.5. The molecule has 26 heavy (non-hydrogen) atoms. The average Bonchev–Trinajstić information content (AvgIpc) is 2.86. The molecule has 132 valence electrons. The van der Waals surface area contributed by atoms with Gasteiger partial charge < -0.3 is 10.4 Å². The monoisotopic (exact) mass is 368 g/mol. The number of hydrogen-bond donors (Lipinski definition) is 2. The summed E-state index contributed by atoms with van der Waals surface area (Å²) >= 11 is 0.787. The minimum absolute atomic E-state index is 0.114. The number of phenolic OH excluding ortho intramolecular Hbond substituents is 1. The van der Waals surface area contributed by atoms with Crippen LogP contribution >= 0.6 is 11.8 Å². The van der Waals surface area contributed by atoms with Crippen LogP contribution in [0.2, 0.25) is 0 Å². The molecule has 7 heteroatoms. The van der Waals surface area contributed by atoms with Crippen molar-refractivity contribution in [1.29, 1.82) is 0 Å². The number of amides is 3. The Morgan fingerprint density at radius 1 is 1.12 bits per heavy atom. The zero-order valence-electron chi connectivity index (χ0n) is 13.9. The van der Waals surface area contributed by atoms with Gasteiger partial charge in [0.15, 0.2) is 0 Å². The number of phenols is 1. The maximum Gasteiger partial charge on any atom is 0.294 e. The summed E-state index contributed by atoms with van der Waals surface area (Å²) in [5, 5.41) is 11.5. The van der Waals surface area contributed by atoms with Gasteiger partial charge in [-0.25, -0.2) is 0 Å². The van der Waals surface area contributed by atoms with Crippen molar-refractivity contribution < 1.29 is 19.5 Å². The standard InChI is InChI=1S/C19H16N2O4S/c1-12-2-6-14(7-3-12)20-17(23)11-21-18(24)16(26-19(21)25)10-13-4-8-15(22)9-5-13/h2-10,22H,11H2,1H3,(H,20,23)/b16-10-. The Labute approximate surface area is 154 Å². The summed E-state index contributed by atoms with van der Waals surface area (Å²) in [7, 11) is 0. The number of aryl methyl sites for hydroxylation is 1. The predicted octanol–water partition coefficient (Wildman–Crippen LogP) is 3.38. The molecule has 1 heterocycles. The van der Waals surface area contributed by atoms with Gasteiger partial charge in [0.1, 0.15) is 12.3 Å². The van der Waals surface area contributed by atoms with Crippen molar-refractivity contribution >= 4 is 40.6 Å². The van der Waals surface area contributed by atoms with Crippen LogP contribution in [0, 0.1) is 6.92 Å². The molecule has 0 unspecified atom stereocenters. The first-order valence-electron chi connectivity index (χ1n) is 7.83. The van der Waals surface area contributed by atoms with Gasteiger partial charge in [-0.1, -0.05) is 29.8 Å². The van der Waals surface area contributed by atoms with E-state index in [9.17, 15) is 19.5 Å². The van der Waals surface area contributed by atoms with Crippen LogP contribution in [0.5, 0.6) is 5.75 Å². The second kappa shape index (κ2) is 7.45. The molecule has 6 nitrogen and oxygen atoms in total. The summed E-state index contributed by atoms with van der Waals surface area (Å²) < 4.78 is 0. The largest absolute Gasteiger partial charge is 0.508 e. The van der Waals surface area contributed by atoms with E-state index in [0.29, 0.717) is 11.3 Å². The molecule has 2 aromatic rings. The van der Waals surface area contributed by atoms with Gasteiger partial charge in [-0.15, -0.1) is 0 Å². The van der Waals surface area contributed by atoms with Gasteiger partial charge in [-0.2, -0.15) is 0 Å². The quantitative estimate of drug-likeness (QED) is 0.808. The minimum Gasteiger partial charge on any atom is -0.508 e. The molecule has 2 N–H and O–H groups in total. The van der Waals surface area contributed by atoms with Gasteiger partial charge in [0.05, 0.1) is 4.91 Å². The van der Waals surface area contributed by atoms with E-state index in [0.717, 1.165) is 22.2 Å². The summed E-state index contributed by atoms with van der Waals surface area (Å²) in [6.45, 7) is 1.60. The molecule has 0 bridgehead atoms. The number of imide groups is 1. The first-order chi connectivity index (χ1) is 12.4. The zero-order valence-corrected chi connectivity index (χ0v) is 14.7. The van der Waals surface area contributed by atoms with E-state index in [2.05, 4.69) is 5.32 Å². The second-order valence-electron chi connectivity index (χ2n) is 5.77. The van der Waals surface area contributed by atoms with Gasteiger partial charge in [0.2, 0.25) is 5.91 Å². The van der Waals surface area contributed by atoms with E-state index < -0.39 is 17.1 Å². The third-order valence-corrected chi connectivity index (χ3v) is 4.61. The van der Waals surface area contributed by atoms with E-state index in [4.69, 9.17) is 0 Å². The maximum atomic E-state index is 12.4. The van der Waals surface area contributed by atoms with E-state index in [1.807, 2.05) is 19.1 Å².